The van der Waals surface area contributed by atoms with Crippen molar-refractivity contribution in [2.45, 2.75) is 13.0 Å². The van der Waals surface area contributed by atoms with Gasteiger partial charge in [0.05, 0.1) is 24.4 Å². The van der Waals surface area contributed by atoms with Crippen molar-refractivity contribution in [1.82, 2.24) is 15.2 Å². The molecule has 1 saturated heterocycles. The highest BCUT2D eigenvalue weighted by Crippen LogP contribution is 2.36. The second-order valence-corrected chi connectivity index (χ2v) is 7.95. The maximum atomic E-state index is 12.8. The fourth-order valence-electron chi connectivity index (χ4n) is 4.51. The van der Waals surface area contributed by atoms with Crippen LogP contribution in [0.25, 0.3) is 22.2 Å². The van der Waals surface area contributed by atoms with Gasteiger partial charge in [0, 0.05) is 65.7 Å². The van der Waals surface area contributed by atoms with Gasteiger partial charge in [0.15, 0.2) is 0 Å². The van der Waals surface area contributed by atoms with Gasteiger partial charge in [0.25, 0.3) is 5.91 Å². The molecule has 158 valence electrons. The molecule has 0 radical (unpaired) electrons. The zero-order valence-electron chi connectivity index (χ0n) is 17.3. The van der Waals surface area contributed by atoms with E-state index >= 15 is 0 Å². The number of pyridine rings is 1. The van der Waals surface area contributed by atoms with Crippen molar-refractivity contribution in [1.29, 1.82) is 5.41 Å². The molecule has 5 rings (SSSR count). The van der Waals surface area contributed by atoms with Gasteiger partial charge in [0.2, 0.25) is 0 Å². The minimum Gasteiger partial charge on any atom is -0.398 e. The highest BCUT2D eigenvalue weighted by Gasteiger charge is 2.23. The smallest absolute Gasteiger partial charge is 0.253 e. The van der Waals surface area contributed by atoms with Gasteiger partial charge in [-0.25, -0.2) is 4.98 Å². The summed E-state index contributed by atoms with van der Waals surface area (Å²) in [6, 6.07) is 11.4. The lowest BCUT2D eigenvalue weighted by atomic mass is 9.91. The Hall–Kier alpha value is -3.29. The van der Waals surface area contributed by atoms with Crippen LogP contribution in [0.5, 0.6) is 0 Å². The fourth-order valence-corrected chi connectivity index (χ4v) is 4.51. The molecule has 7 heteroatoms. The van der Waals surface area contributed by atoms with Crippen molar-refractivity contribution in [3.8, 4) is 11.3 Å². The van der Waals surface area contributed by atoms with Gasteiger partial charge in [-0.05, 0) is 36.2 Å². The number of fused-ring (bicyclic) bond motifs is 3. The van der Waals surface area contributed by atoms with Crippen LogP contribution < -0.4 is 11.1 Å². The van der Waals surface area contributed by atoms with Gasteiger partial charge in [-0.1, -0.05) is 12.1 Å². The summed E-state index contributed by atoms with van der Waals surface area (Å²) in [7, 11) is 0. The molecular weight excluding hydrogens is 390 g/mol. The van der Waals surface area contributed by atoms with Crippen LogP contribution in [-0.4, -0.2) is 54.8 Å². The highest BCUT2D eigenvalue weighted by molar-refractivity contribution is 6.05. The first kappa shape index (κ1) is 19.7. The molecule has 0 atom stereocenters. The molecule has 1 aromatic heterocycles. The Morgan fingerprint density at radius 3 is 2.65 bits per heavy atom. The Balaban J connectivity index is 1.58. The zero-order valence-corrected chi connectivity index (χ0v) is 17.3. The third-order valence-corrected chi connectivity index (χ3v) is 6.14. The Labute approximate surface area is 180 Å². The first-order valence-electron chi connectivity index (χ1n) is 10.6. The predicted octanol–water partition coefficient (Wildman–Crippen LogP) is 2.60. The number of carbonyl (C=O) groups is 1. The second-order valence-electron chi connectivity index (χ2n) is 7.95. The van der Waals surface area contributed by atoms with E-state index in [1.165, 1.54) is 6.21 Å². The molecule has 1 fully saturated rings. The zero-order chi connectivity index (χ0) is 21.4. The van der Waals surface area contributed by atoms with Crippen LogP contribution in [0, 0.1) is 5.41 Å². The van der Waals surface area contributed by atoms with E-state index in [-0.39, 0.29) is 5.91 Å². The number of carbonyl (C=O) groups excluding carboxylic acids is 1. The molecule has 0 aliphatic carbocycles. The summed E-state index contributed by atoms with van der Waals surface area (Å²) in [4.78, 5) is 19.6. The molecule has 7 nitrogen and oxygen atoms in total. The summed E-state index contributed by atoms with van der Waals surface area (Å²) in [5.41, 5.74) is 13.0. The number of anilines is 1. The number of benzene rings is 2. The average Bonchev–Trinajstić information content (AvgIpc) is 2.84. The molecule has 2 aliphatic rings. The molecule has 3 aromatic rings. The predicted molar refractivity (Wildman–Crippen MR) is 122 cm³/mol. The number of aromatic nitrogens is 1. The Kier molecular flexibility index (Phi) is 5.13. The van der Waals surface area contributed by atoms with Gasteiger partial charge >= 0.3 is 0 Å². The fraction of sp³-hybridized carbons (Fsp3) is 0.292. The van der Waals surface area contributed by atoms with Crippen LogP contribution in [0.4, 0.5) is 5.69 Å². The van der Waals surface area contributed by atoms with Crippen LogP contribution in [0.15, 0.2) is 36.4 Å². The van der Waals surface area contributed by atoms with E-state index in [1.54, 1.807) is 6.07 Å². The number of hydrogen-bond donors (Lipinski definition) is 3. The molecule has 0 bridgehead atoms. The Bertz CT molecular complexity index is 1170. The number of amides is 1. The summed E-state index contributed by atoms with van der Waals surface area (Å²) in [6.45, 7) is 4.24. The average molecular weight is 415 g/mol. The van der Waals surface area contributed by atoms with E-state index in [4.69, 9.17) is 20.9 Å². The highest BCUT2D eigenvalue weighted by atomic mass is 16.5. The van der Waals surface area contributed by atoms with Gasteiger partial charge < -0.3 is 26.1 Å². The number of nitrogens with zero attached hydrogens (tertiary/aromatic N) is 2. The number of nitrogen functional groups attached to an aromatic ring is 1. The van der Waals surface area contributed by atoms with Crippen LogP contribution in [0.2, 0.25) is 0 Å². The van der Waals surface area contributed by atoms with Crippen LogP contribution >= 0.6 is 0 Å². The second kappa shape index (κ2) is 8.09. The van der Waals surface area contributed by atoms with Crippen molar-refractivity contribution in [2.75, 3.05) is 38.5 Å². The lowest BCUT2D eigenvalue weighted by Gasteiger charge is -2.27. The van der Waals surface area contributed by atoms with E-state index in [2.05, 4.69) is 5.32 Å². The maximum Gasteiger partial charge on any atom is 0.253 e. The lowest BCUT2D eigenvalue weighted by molar-refractivity contribution is 0.0736. The van der Waals surface area contributed by atoms with E-state index in [0.717, 1.165) is 65.9 Å². The van der Waals surface area contributed by atoms with E-state index < -0.39 is 0 Å². The van der Waals surface area contributed by atoms with Crippen LogP contribution in [0.1, 0.15) is 27.0 Å². The number of ether oxygens (including phenoxy) is 1. The first-order valence-corrected chi connectivity index (χ1v) is 10.6. The normalized spacial score (nSPS) is 16.2. The molecule has 2 aromatic carbocycles. The van der Waals surface area contributed by atoms with Crippen molar-refractivity contribution < 1.29 is 9.53 Å². The maximum absolute atomic E-state index is 12.8. The molecular formula is C24H25N5O2. The molecule has 0 spiro atoms. The van der Waals surface area contributed by atoms with E-state index in [9.17, 15) is 4.79 Å². The molecule has 2 aliphatic heterocycles. The quantitative estimate of drug-likeness (QED) is 0.451. The molecule has 0 saturated carbocycles. The van der Waals surface area contributed by atoms with Crippen LogP contribution in [0.3, 0.4) is 0 Å². The van der Waals surface area contributed by atoms with Gasteiger partial charge in [-0.3, -0.25) is 4.79 Å². The SMILES string of the molecule is N=Cc1c(N)ccc2nc(-c3ccc(C(=O)N4CCNCC4)cc3)c3c(c12)CCOC3. The Morgan fingerprint density at radius 1 is 1.13 bits per heavy atom. The summed E-state index contributed by atoms with van der Waals surface area (Å²) in [6.07, 6.45) is 2.07. The van der Waals surface area contributed by atoms with Crippen LogP contribution in [-0.2, 0) is 17.8 Å². The van der Waals surface area contributed by atoms with Crippen molar-refractivity contribution in [3.05, 3.63) is 58.7 Å². The minimum absolute atomic E-state index is 0.0657. The standard InChI is InChI=1S/C24H25N5O2/c25-13-18-20(26)5-6-21-22(18)17-7-12-31-14-19(17)23(28-21)15-1-3-16(4-2-15)24(30)29-10-8-27-9-11-29/h1-6,13,25,27H,7-12,14,26H2. The number of hydrogen-bond acceptors (Lipinski definition) is 6. The third kappa shape index (κ3) is 3.45. The summed E-state index contributed by atoms with van der Waals surface area (Å²) >= 11 is 0. The van der Waals surface area contributed by atoms with Gasteiger partial charge in [0.1, 0.15) is 0 Å². The summed E-state index contributed by atoms with van der Waals surface area (Å²) in [5.74, 6) is 0.0657. The monoisotopic (exact) mass is 415 g/mol. The topological polar surface area (TPSA) is 104 Å². The molecule has 31 heavy (non-hydrogen) atoms. The Morgan fingerprint density at radius 2 is 1.90 bits per heavy atom. The molecule has 0 unspecified atom stereocenters. The van der Waals surface area contributed by atoms with Gasteiger partial charge in [-0.2, -0.15) is 0 Å². The first-order chi connectivity index (χ1) is 15.2. The summed E-state index contributed by atoms with van der Waals surface area (Å²) < 4.78 is 5.76. The van der Waals surface area contributed by atoms with Crippen molar-refractivity contribution in [3.63, 3.8) is 0 Å². The number of piperazine rings is 1. The summed E-state index contributed by atoms with van der Waals surface area (Å²) in [5, 5.41) is 12.1. The molecule has 3 heterocycles. The molecule has 4 N–H and O–H groups in total. The lowest BCUT2D eigenvalue weighted by Crippen LogP contribution is -2.46. The van der Waals surface area contributed by atoms with E-state index in [0.29, 0.717) is 30.0 Å². The number of rotatable bonds is 3. The van der Waals surface area contributed by atoms with Crippen molar-refractivity contribution >= 4 is 28.7 Å². The van der Waals surface area contributed by atoms with Crippen molar-refractivity contribution in [2.24, 2.45) is 0 Å². The minimum atomic E-state index is 0.0657. The molecule has 1 amide bonds. The number of nitrogens with two attached hydrogens (primary N) is 1. The van der Waals surface area contributed by atoms with E-state index in [1.807, 2.05) is 35.2 Å². The largest absolute Gasteiger partial charge is 0.398 e. The van der Waals surface area contributed by atoms with Gasteiger partial charge in [-0.15, -0.1) is 0 Å². The third-order valence-electron chi connectivity index (χ3n) is 6.14. The number of nitrogens with one attached hydrogen (secondary N) is 2.